The number of nitro benzene ring substituents is 1. The quantitative estimate of drug-likeness (QED) is 0.573. The number of carboxylic acids is 1. The number of rotatable bonds is 7. The maximum Gasteiger partial charge on any atom is 0.326 e. The molecule has 0 aromatic heterocycles. The molecule has 0 bridgehead atoms. The van der Waals surface area contributed by atoms with E-state index in [0.717, 1.165) is 6.07 Å². The van der Waals surface area contributed by atoms with E-state index in [2.05, 4.69) is 5.32 Å². The van der Waals surface area contributed by atoms with Crippen LogP contribution >= 0.6 is 0 Å². The third-order valence-electron chi connectivity index (χ3n) is 3.14. The Labute approximate surface area is 132 Å². The molecule has 1 atom stereocenters. The Balaban J connectivity index is 3.27. The van der Waals surface area contributed by atoms with Crippen molar-refractivity contribution in [2.45, 2.75) is 19.9 Å². The Morgan fingerprint density at radius 1 is 1.26 bits per heavy atom. The summed E-state index contributed by atoms with van der Waals surface area (Å²) in [7, 11) is 2.52. The molecule has 0 aliphatic carbocycles. The van der Waals surface area contributed by atoms with Crippen LogP contribution in [-0.4, -0.2) is 42.2 Å². The number of carbonyl (C=O) groups excluding carboxylic acids is 1. The van der Waals surface area contributed by atoms with Crippen molar-refractivity contribution < 1.29 is 29.1 Å². The Morgan fingerprint density at radius 3 is 2.26 bits per heavy atom. The molecule has 0 radical (unpaired) electrons. The summed E-state index contributed by atoms with van der Waals surface area (Å²) in [5, 5.41) is 22.5. The second kappa shape index (κ2) is 7.43. The van der Waals surface area contributed by atoms with E-state index in [-0.39, 0.29) is 23.0 Å². The summed E-state index contributed by atoms with van der Waals surface area (Å²) in [5.41, 5.74) is -0.547. The Kier molecular flexibility index (Phi) is 5.88. The molecule has 0 heterocycles. The highest BCUT2D eigenvalue weighted by molar-refractivity contribution is 5.98. The average molecular weight is 326 g/mol. The predicted octanol–water partition coefficient (Wildman–Crippen LogP) is 1.45. The SMILES string of the molecule is COc1cc(C(=O)N[C@@H](C(=O)O)C(C)C)cc([N+](=O)[O-])c1OC. The van der Waals surface area contributed by atoms with Gasteiger partial charge in [0, 0.05) is 6.07 Å². The lowest BCUT2D eigenvalue weighted by atomic mass is 10.0. The number of nitrogens with one attached hydrogen (secondary N) is 1. The summed E-state index contributed by atoms with van der Waals surface area (Å²) in [6, 6.07) is 1.14. The molecule has 0 aliphatic rings. The van der Waals surface area contributed by atoms with Crippen molar-refractivity contribution in [3.63, 3.8) is 0 Å². The summed E-state index contributed by atoms with van der Waals surface area (Å²) in [6.07, 6.45) is 0. The summed E-state index contributed by atoms with van der Waals surface area (Å²) in [6.45, 7) is 3.27. The number of methoxy groups -OCH3 is 2. The Bertz CT molecular complexity index is 628. The number of hydrogen-bond acceptors (Lipinski definition) is 6. The van der Waals surface area contributed by atoms with Gasteiger partial charge in [-0.05, 0) is 12.0 Å². The molecule has 0 spiro atoms. The molecular weight excluding hydrogens is 308 g/mol. The van der Waals surface area contributed by atoms with Crippen molar-refractivity contribution in [1.82, 2.24) is 5.32 Å². The van der Waals surface area contributed by atoms with Gasteiger partial charge in [-0.15, -0.1) is 0 Å². The second-order valence-electron chi connectivity index (χ2n) is 5.02. The number of amides is 1. The fraction of sp³-hybridized carbons (Fsp3) is 0.429. The lowest BCUT2D eigenvalue weighted by Crippen LogP contribution is -2.44. The summed E-state index contributed by atoms with van der Waals surface area (Å²) < 4.78 is 9.92. The van der Waals surface area contributed by atoms with Gasteiger partial charge in [0.2, 0.25) is 5.75 Å². The van der Waals surface area contributed by atoms with Crippen LogP contribution in [0.15, 0.2) is 12.1 Å². The van der Waals surface area contributed by atoms with Crippen molar-refractivity contribution in [2.24, 2.45) is 5.92 Å². The van der Waals surface area contributed by atoms with Crippen LogP contribution in [0.1, 0.15) is 24.2 Å². The van der Waals surface area contributed by atoms with Gasteiger partial charge in [-0.1, -0.05) is 13.8 Å². The molecular formula is C14H18N2O7. The number of carboxylic acid groups (broad SMARTS) is 1. The van der Waals surface area contributed by atoms with Crippen LogP contribution < -0.4 is 14.8 Å². The normalized spacial score (nSPS) is 11.7. The van der Waals surface area contributed by atoms with Gasteiger partial charge in [0.15, 0.2) is 5.75 Å². The van der Waals surface area contributed by atoms with Crippen LogP contribution in [0.5, 0.6) is 11.5 Å². The van der Waals surface area contributed by atoms with Gasteiger partial charge in [0.25, 0.3) is 5.91 Å². The van der Waals surface area contributed by atoms with Gasteiger partial charge >= 0.3 is 11.7 Å². The number of nitrogens with zero attached hydrogens (tertiary/aromatic N) is 1. The van der Waals surface area contributed by atoms with Crippen molar-refractivity contribution in [3.8, 4) is 11.5 Å². The second-order valence-corrected chi connectivity index (χ2v) is 5.02. The monoisotopic (exact) mass is 326 g/mol. The fourth-order valence-electron chi connectivity index (χ4n) is 1.95. The van der Waals surface area contributed by atoms with E-state index in [0.29, 0.717) is 0 Å². The maximum atomic E-state index is 12.2. The standard InChI is InChI=1S/C14H18N2O7/c1-7(2)11(14(18)19)15-13(17)8-5-9(16(20)21)12(23-4)10(6-8)22-3/h5-7,11H,1-4H3,(H,15,17)(H,18,19)/t11-/m1/s1. The number of carbonyl (C=O) groups is 2. The first-order valence-electron chi connectivity index (χ1n) is 6.67. The van der Waals surface area contributed by atoms with Gasteiger partial charge < -0.3 is 19.9 Å². The topological polar surface area (TPSA) is 128 Å². The molecule has 0 saturated heterocycles. The van der Waals surface area contributed by atoms with Gasteiger partial charge in [0.05, 0.1) is 24.7 Å². The highest BCUT2D eigenvalue weighted by atomic mass is 16.6. The highest BCUT2D eigenvalue weighted by Gasteiger charge is 2.27. The van der Waals surface area contributed by atoms with Crippen LogP contribution in [0, 0.1) is 16.0 Å². The van der Waals surface area contributed by atoms with Gasteiger partial charge in [-0.3, -0.25) is 14.9 Å². The fourth-order valence-corrected chi connectivity index (χ4v) is 1.95. The number of hydrogen-bond donors (Lipinski definition) is 2. The van der Waals surface area contributed by atoms with E-state index >= 15 is 0 Å². The molecule has 0 saturated carbocycles. The molecule has 2 N–H and O–H groups in total. The minimum atomic E-state index is -1.19. The van der Waals surface area contributed by atoms with E-state index in [9.17, 15) is 19.7 Å². The molecule has 1 aromatic rings. The number of benzene rings is 1. The summed E-state index contributed by atoms with van der Waals surface area (Å²) in [5.74, 6) is -2.42. The third-order valence-corrected chi connectivity index (χ3v) is 3.14. The predicted molar refractivity (Wildman–Crippen MR) is 79.9 cm³/mol. The van der Waals surface area contributed by atoms with E-state index in [1.165, 1.54) is 20.3 Å². The highest BCUT2D eigenvalue weighted by Crippen LogP contribution is 2.37. The molecule has 126 valence electrons. The first-order valence-corrected chi connectivity index (χ1v) is 6.67. The number of nitro groups is 1. The van der Waals surface area contributed by atoms with E-state index in [1.807, 2.05) is 0 Å². The average Bonchev–Trinajstić information content (AvgIpc) is 2.49. The van der Waals surface area contributed by atoms with E-state index < -0.39 is 28.5 Å². The van der Waals surface area contributed by atoms with Crippen molar-refractivity contribution >= 4 is 17.6 Å². The van der Waals surface area contributed by atoms with Gasteiger partial charge in [-0.25, -0.2) is 4.79 Å². The number of aliphatic carboxylic acids is 1. The molecule has 0 aliphatic heterocycles. The first kappa shape index (κ1) is 18.2. The van der Waals surface area contributed by atoms with Crippen LogP contribution in [0.25, 0.3) is 0 Å². The smallest absolute Gasteiger partial charge is 0.326 e. The van der Waals surface area contributed by atoms with Gasteiger partial charge in [-0.2, -0.15) is 0 Å². The molecule has 23 heavy (non-hydrogen) atoms. The maximum absolute atomic E-state index is 12.2. The van der Waals surface area contributed by atoms with Gasteiger partial charge in [0.1, 0.15) is 6.04 Å². The van der Waals surface area contributed by atoms with Crippen LogP contribution in [0.3, 0.4) is 0 Å². The zero-order chi connectivity index (χ0) is 17.7. The summed E-state index contributed by atoms with van der Waals surface area (Å²) >= 11 is 0. The lowest BCUT2D eigenvalue weighted by Gasteiger charge is -2.18. The minimum absolute atomic E-state index is 0.00303. The molecule has 1 aromatic carbocycles. The van der Waals surface area contributed by atoms with Crippen LogP contribution in [0.2, 0.25) is 0 Å². The molecule has 0 fully saturated rings. The lowest BCUT2D eigenvalue weighted by molar-refractivity contribution is -0.385. The summed E-state index contributed by atoms with van der Waals surface area (Å²) in [4.78, 5) is 33.7. The Morgan fingerprint density at radius 2 is 1.87 bits per heavy atom. The molecule has 9 nitrogen and oxygen atoms in total. The largest absolute Gasteiger partial charge is 0.493 e. The minimum Gasteiger partial charge on any atom is -0.493 e. The first-order chi connectivity index (χ1) is 10.7. The van der Waals surface area contributed by atoms with Crippen LogP contribution in [0.4, 0.5) is 5.69 Å². The van der Waals surface area contributed by atoms with Crippen molar-refractivity contribution in [1.29, 1.82) is 0 Å². The number of ether oxygens (including phenoxy) is 2. The molecule has 9 heteroatoms. The van der Waals surface area contributed by atoms with Crippen molar-refractivity contribution in [3.05, 3.63) is 27.8 Å². The zero-order valence-electron chi connectivity index (χ0n) is 13.2. The zero-order valence-corrected chi connectivity index (χ0v) is 13.2. The van der Waals surface area contributed by atoms with E-state index in [4.69, 9.17) is 14.6 Å². The Hall–Kier alpha value is -2.84. The van der Waals surface area contributed by atoms with Crippen molar-refractivity contribution in [2.75, 3.05) is 14.2 Å². The van der Waals surface area contributed by atoms with E-state index in [1.54, 1.807) is 13.8 Å². The molecule has 1 amide bonds. The third kappa shape index (κ3) is 4.09. The molecule has 0 unspecified atom stereocenters. The molecule has 1 rings (SSSR count). The van der Waals surface area contributed by atoms with Crippen LogP contribution in [-0.2, 0) is 4.79 Å².